The number of halogens is 1. The summed E-state index contributed by atoms with van der Waals surface area (Å²) in [6.07, 6.45) is 1.78. The van der Waals surface area contributed by atoms with Gasteiger partial charge in [-0.25, -0.2) is 0 Å². The summed E-state index contributed by atoms with van der Waals surface area (Å²) in [5, 5.41) is 15.7. The molecule has 0 spiro atoms. The lowest BCUT2D eigenvalue weighted by Crippen LogP contribution is -1.92. The molecule has 0 aliphatic heterocycles. The highest BCUT2D eigenvalue weighted by atomic mass is 35.5. The van der Waals surface area contributed by atoms with E-state index in [0.717, 1.165) is 48.9 Å². The molecule has 132 valence electrons. The molecule has 0 saturated heterocycles. The summed E-state index contributed by atoms with van der Waals surface area (Å²) in [5.74, 6) is 0.719. The maximum atomic E-state index is 6.70. The zero-order valence-corrected chi connectivity index (χ0v) is 16.2. The number of rotatable bonds is 2. The minimum atomic E-state index is 0.658. The van der Waals surface area contributed by atoms with E-state index < -0.39 is 0 Å². The molecule has 5 aromatic rings. The zero-order chi connectivity index (χ0) is 18.5. The lowest BCUT2D eigenvalue weighted by atomic mass is 10.1. The third kappa shape index (κ3) is 2.69. The summed E-state index contributed by atoms with van der Waals surface area (Å²) in [5.41, 5.74) is 4.97. The zero-order valence-electron chi connectivity index (χ0n) is 14.6. The minimum Gasteiger partial charge on any atom is -0.255 e. The molecule has 0 N–H and O–H groups in total. The molecule has 0 radical (unpaired) electrons. The highest BCUT2D eigenvalue weighted by Crippen LogP contribution is 2.36. The summed E-state index contributed by atoms with van der Waals surface area (Å²) >= 11 is 8.15. The van der Waals surface area contributed by atoms with Crippen LogP contribution in [0.15, 0.2) is 48.7 Å². The van der Waals surface area contributed by atoms with Crippen LogP contribution in [0.3, 0.4) is 0 Å². The minimum absolute atomic E-state index is 0.658. The van der Waals surface area contributed by atoms with Crippen molar-refractivity contribution < 1.29 is 0 Å². The van der Waals surface area contributed by atoms with Crippen LogP contribution in [0, 0.1) is 13.8 Å². The third-order valence-corrected chi connectivity index (χ3v) is 5.79. The number of pyridine rings is 1. The largest absolute Gasteiger partial charge is 0.255 e. The molecule has 0 bridgehead atoms. The van der Waals surface area contributed by atoms with Crippen molar-refractivity contribution in [2.24, 2.45) is 0 Å². The first-order valence-corrected chi connectivity index (χ1v) is 9.64. The van der Waals surface area contributed by atoms with Gasteiger partial charge >= 0.3 is 0 Å². The number of aromatic nitrogens is 5. The quantitative estimate of drug-likeness (QED) is 0.407. The van der Waals surface area contributed by atoms with Crippen LogP contribution in [-0.4, -0.2) is 24.8 Å². The summed E-state index contributed by atoms with van der Waals surface area (Å²) in [6, 6.07) is 14.2. The van der Waals surface area contributed by atoms with Crippen molar-refractivity contribution in [1.29, 1.82) is 0 Å². The van der Waals surface area contributed by atoms with E-state index in [1.54, 1.807) is 10.7 Å². The highest BCUT2D eigenvalue weighted by molar-refractivity contribution is 7.19. The van der Waals surface area contributed by atoms with Crippen LogP contribution in [-0.2, 0) is 0 Å². The molecule has 7 heteroatoms. The second-order valence-corrected chi connectivity index (χ2v) is 7.84. The van der Waals surface area contributed by atoms with Gasteiger partial charge in [0.2, 0.25) is 4.96 Å². The molecule has 3 aromatic heterocycles. The molecular formula is C20H14ClN5S. The van der Waals surface area contributed by atoms with Crippen LogP contribution >= 0.6 is 22.9 Å². The highest BCUT2D eigenvalue weighted by Gasteiger charge is 2.17. The van der Waals surface area contributed by atoms with Crippen molar-refractivity contribution in [3.05, 3.63) is 64.8 Å². The van der Waals surface area contributed by atoms with Gasteiger partial charge in [-0.15, -0.1) is 10.2 Å². The molecule has 5 nitrogen and oxygen atoms in total. The Morgan fingerprint density at radius 1 is 1.00 bits per heavy atom. The van der Waals surface area contributed by atoms with Gasteiger partial charge in [0.15, 0.2) is 10.8 Å². The van der Waals surface area contributed by atoms with E-state index in [0.29, 0.717) is 5.02 Å². The Bertz CT molecular complexity index is 1320. The Kier molecular flexibility index (Phi) is 3.70. The van der Waals surface area contributed by atoms with Gasteiger partial charge in [-0.2, -0.15) is 9.61 Å². The molecule has 0 aliphatic rings. The second-order valence-electron chi connectivity index (χ2n) is 6.50. The van der Waals surface area contributed by atoms with Crippen LogP contribution < -0.4 is 0 Å². The smallest absolute Gasteiger partial charge is 0.235 e. The first kappa shape index (κ1) is 16.4. The standard InChI is InChI=1S/C20H14ClN5S/c1-11-4-3-5-13(8-11)18-23-24-20-26(18)25-19(27-20)15-10-22-16-7-6-12(2)9-14(16)17(15)21/h3-10H,1-2H3. The van der Waals surface area contributed by atoms with E-state index in [1.165, 1.54) is 11.3 Å². The predicted molar refractivity (Wildman–Crippen MR) is 109 cm³/mol. The number of aryl methyl sites for hydroxylation is 2. The van der Waals surface area contributed by atoms with E-state index in [9.17, 15) is 0 Å². The first-order valence-electron chi connectivity index (χ1n) is 8.45. The van der Waals surface area contributed by atoms with E-state index in [-0.39, 0.29) is 0 Å². The molecule has 0 fully saturated rings. The van der Waals surface area contributed by atoms with Crippen LogP contribution in [0.2, 0.25) is 5.02 Å². The molecule has 0 aliphatic carbocycles. The molecule has 2 aromatic carbocycles. The average Bonchev–Trinajstić information content (AvgIpc) is 3.23. The fourth-order valence-corrected chi connectivity index (χ4v) is 4.31. The van der Waals surface area contributed by atoms with Gasteiger partial charge in [0, 0.05) is 17.1 Å². The van der Waals surface area contributed by atoms with Crippen molar-refractivity contribution in [2.75, 3.05) is 0 Å². The lowest BCUT2D eigenvalue weighted by molar-refractivity contribution is 0.970. The SMILES string of the molecule is Cc1cccc(-c2nnc3sc(-c4cnc5ccc(C)cc5c4Cl)nn23)c1. The van der Waals surface area contributed by atoms with Gasteiger partial charge in [0.25, 0.3) is 0 Å². The number of hydrogen-bond donors (Lipinski definition) is 0. The van der Waals surface area contributed by atoms with E-state index in [2.05, 4.69) is 34.2 Å². The Balaban J connectivity index is 1.68. The second kappa shape index (κ2) is 6.11. The summed E-state index contributed by atoms with van der Waals surface area (Å²) in [4.78, 5) is 5.27. The Morgan fingerprint density at radius 2 is 1.85 bits per heavy atom. The van der Waals surface area contributed by atoms with Crippen molar-refractivity contribution in [1.82, 2.24) is 24.8 Å². The van der Waals surface area contributed by atoms with Crippen LogP contribution in [0.1, 0.15) is 11.1 Å². The molecule has 5 rings (SSSR count). The Labute approximate surface area is 164 Å². The molecule has 0 atom stereocenters. The number of hydrogen-bond acceptors (Lipinski definition) is 5. The van der Waals surface area contributed by atoms with E-state index in [4.69, 9.17) is 16.7 Å². The van der Waals surface area contributed by atoms with Gasteiger partial charge in [-0.05, 0) is 32.0 Å². The Hall–Kier alpha value is -2.83. The molecular weight excluding hydrogens is 378 g/mol. The van der Waals surface area contributed by atoms with Crippen molar-refractivity contribution in [2.45, 2.75) is 13.8 Å². The van der Waals surface area contributed by atoms with E-state index in [1.807, 2.05) is 37.3 Å². The number of nitrogens with zero attached hydrogens (tertiary/aromatic N) is 5. The monoisotopic (exact) mass is 391 g/mol. The third-order valence-electron chi connectivity index (χ3n) is 4.46. The lowest BCUT2D eigenvalue weighted by Gasteiger charge is -2.05. The number of benzene rings is 2. The average molecular weight is 392 g/mol. The summed E-state index contributed by atoms with van der Waals surface area (Å²) in [6.45, 7) is 4.09. The van der Waals surface area contributed by atoms with Gasteiger partial charge in [0.1, 0.15) is 0 Å². The van der Waals surface area contributed by atoms with Gasteiger partial charge in [-0.1, -0.05) is 58.3 Å². The molecule has 0 unspecified atom stereocenters. The molecule has 0 amide bonds. The molecule has 0 saturated carbocycles. The van der Waals surface area contributed by atoms with Gasteiger partial charge < -0.3 is 0 Å². The van der Waals surface area contributed by atoms with E-state index >= 15 is 0 Å². The van der Waals surface area contributed by atoms with Crippen LogP contribution in [0.25, 0.3) is 37.8 Å². The predicted octanol–water partition coefficient (Wildman–Crippen LogP) is 5.34. The van der Waals surface area contributed by atoms with Crippen LogP contribution in [0.4, 0.5) is 0 Å². The topological polar surface area (TPSA) is 56.0 Å². The first-order chi connectivity index (χ1) is 13.1. The van der Waals surface area contributed by atoms with Crippen molar-refractivity contribution in [3.63, 3.8) is 0 Å². The number of fused-ring (bicyclic) bond motifs is 2. The van der Waals surface area contributed by atoms with Gasteiger partial charge in [-0.3, -0.25) is 4.98 Å². The van der Waals surface area contributed by atoms with Gasteiger partial charge in [0.05, 0.1) is 16.1 Å². The van der Waals surface area contributed by atoms with Crippen molar-refractivity contribution in [3.8, 4) is 22.0 Å². The summed E-state index contributed by atoms with van der Waals surface area (Å²) in [7, 11) is 0. The fourth-order valence-electron chi connectivity index (χ4n) is 3.11. The fraction of sp³-hybridized carbons (Fsp3) is 0.100. The maximum Gasteiger partial charge on any atom is 0.235 e. The normalized spacial score (nSPS) is 11.5. The summed E-state index contributed by atoms with van der Waals surface area (Å²) < 4.78 is 1.77. The molecule has 27 heavy (non-hydrogen) atoms. The maximum absolute atomic E-state index is 6.70. The van der Waals surface area contributed by atoms with Crippen LogP contribution in [0.5, 0.6) is 0 Å². The van der Waals surface area contributed by atoms with Crippen molar-refractivity contribution >= 4 is 38.8 Å². The Morgan fingerprint density at radius 3 is 2.70 bits per heavy atom. The molecule has 3 heterocycles.